The molecule has 0 heterocycles. The molecule has 0 saturated carbocycles. The van der Waals surface area contributed by atoms with E-state index >= 15 is 0 Å². The van der Waals surface area contributed by atoms with E-state index in [2.05, 4.69) is 34.8 Å². The maximum atomic E-state index is 10.7. The maximum absolute atomic E-state index is 10.7. The normalized spacial score (nSPS) is 11.3. The van der Waals surface area contributed by atoms with Gasteiger partial charge in [-0.2, -0.15) is 0 Å². The first-order chi connectivity index (χ1) is 4.70. The number of amides is 1. The van der Waals surface area contributed by atoms with Crippen molar-refractivity contribution in [3.63, 3.8) is 0 Å². The van der Waals surface area contributed by atoms with Gasteiger partial charge in [0.1, 0.15) is 0 Å². The Morgan fingerprint density at radius 3 is 2.70 bits per heavy atom. The van der Waals surface area contributed by atoms with Crippen molar-refractivity contribution in [3.8, 4) is 0 Å². The third-order valence-corrected chi connectivity index (χ3v) is 1.87. The average molecular weight is 253 g/mol. The maximum Gasteiger partial charge on any atom is 0.244 e. The lowest BCUT2D eigenvalue weighted by Crippen LogP contribution is -2.14. The number of halogens is 1. The van der Waals surface area contributed by atoms with Crippen LogP contribution >= 0.6 is 22.6 Å². The summed E-state index contributed by atoms with van der Waals surface area (Å²) < 4.78 is 1.11. The van der Waals surface area contributed by atoms with E-state index in [0.717, 1.165) is 16.4 Å². The van der Waals surface area contributed by atoms with Crippen LogP contribution in [0.1, 0.15) is 19.8 Å². The van der Waals surface area contributed by atoms with Crippen LogP contribution in [0.5, 0.6) is 0 Å². The van der Waals surface area contributed by atoms with E-state index < -0.39 is 0 Å². The lowest BCUT2D eigenvalue weighted by atomic mass is 10.3. The van der Waals surface area contributed by atoms with E-state index in [0.29, 0.717) is 0 Å². The summed E-state index contributed by atoms with van der Waals surface area (Å²) >= 11 is 2.18. The van der Waals surface area contributed by atoms with Gasteiger partial charge in [0.25, 0.3) is 0 Å². The number of hydrogen-bond donors (Lipinski definition) is 1. The predicted octanol–water partition coefficient (Wildman–Crippen LogP) is 1.85. The van der Waals surface area contributed by atoms with Crippen molar-refractivity contribution in [2.75, 3.05) is 7.05 Å². The van der Waals surface area contributed by atoms with Crippen LogP contribution in [-0.2, 0) is 4.79 Å². The summed E-state index contributed by atoms with van der Waals surface area (Å²) in [7, 11) is 1.63. The molecule has 0 radical (unpaired) electrons. The molecule has 0 aromatic rings. The molecule has 0 fully saturated rings. The summed E-state index contributed by atoms with van der Waals surface area (Å²) in [5, 5.41) is 2.53. The second kappa shape index (κ2) is 5.70. The van der Waals surface area contributed by atoms with Crippen LogP contribution in [0, 0.1) is 0 Å². The van der Waals surface area contributed by atoms with Crippen LogP contribution in [0.2, 0.25) is 0 Å². The Morgan fingerprint density at radius 2 is 2.30 bits per heavy atom. The first-order valence-electron chi connectivity index (χ1n) is 3.28. The number of likely N-dealkylation sites (N-methyl/N-ethyl adjacent to an activating group) is 1. The van der Waals surface area contributed by atoms with Gasteiger partial charge in [-0.05, 0) is 32.6 Å². The van der Waals surface area contributed by atoms with Crippen LogP contribution in [0.15, 0.2) is 9.66 Å². The van der Waals surface area contributed by atoms with Crippen molar-refractivity contribution in [2.24, 2.45) is 0 Å². The Hall–Kier alpha value is -0.0600. The molecule has 0 aliphatic heterocycles. The Bertz CT molecular complexity index is 143. The summed E-state index contributed by atoms with van der Waals surface area (Å²) in [6, 6.07) is 0. The second-order valence-electron chi connectivity index (χ2n) is 1.96. The van der Waals surface area contributed by atoms with E-state index in [9.17, 15) is 4.79 Å². The highest BCUT2D eigenvalue weighted by Crippen LogP contribution is 2.12. The Kier molecular flexibility index (Phi) is 5.67. The van der Waals surface area contributed by atoms with Gasteiger partial charge in [0.2, 0.25) is 5.91 Å². The van der Waals surface area contributed by atoms with Gasteiger partial charge < -0.3 is 5.32 Å². The zero-order valence-corrected chi connectivity index (χ0v) is 8.44. The minimum absolute atomic E-state index is 0.0159. The molecule has 0 unspecified atom stereocenters. The van der Waals surface area contributed by atoms with Crippen molar-refractivity contribution in [1.82, 2.24) is 5.32 Å². The molecule has 1 N–H and O–H groups in total. The zero-order valence-electron chi connectivity index (χ0n) is 6.28. The van der Waals surface area contributed by atoms with Crippen molar-refractivity contribution in [3.05, 3.63) is 9.66 Å². The standard InChI is InChI=1S/C7H12INO/c1-3-4-6(8)5-7(10)9-2/h5H,3-4H2,1-2H3,(H,9,10). The number of allylic oxidation sites excluding steroid dienone is 1. The van der Waals surface area contributed by atoms with Crippen molar-refractivity contribution >= 4 is 28.5 Å². The fourth-order valence-electron chi connectivity index (χ4n) is 0.525. The minimum Gasteiger partial charge on any atom is -0.356 e. The molecule has 2 nitrogen and oxygen atoms in total. The Labute approximate surface area is 75.2 Å². The van der Waals surface area contributed by atoms with Gasteiger partial charge in [-0.1, -0.05) is 13.3 Å². The van der Waals surface area contributed by atoms with E-state index in [-0.39, 0.29) is 5.91 Å². The van der Waals surface area contributed by atoms with Gasteiger partial charge in [-0.15, -0.1) is 0 Å². The smallest absolute Gasteiger partial charge is 0.244 e. The first-order valence-corrected chi connectivity index (χ1v) is 4.36. The highest BCUT2D eigenvalue weighted by Gasteiger charge is 1.93. The molecule has 10 heavy (non-hydrogen) atoms. The molecule has 0 spiro atoms. The molecule has 0 saturated heterocycles. The van der Waals surface area contributed by atoms with Gasteiger partial charge in [0, 0.05) is 13.1 Å². The monoisotopic (exact) mass is 253 g/mol. The van der Waals surface area contributed by atoms with Crippen LogP contribution < -0.4 is 5.32 Å². The Balaban J connectivity index is 3.77. The van der Waals surface area contributed by atoms with Crippen LogP contribution in [0.3, 0.4) is 0 Å². The molecule has 0 aromatic heterocycles. The van der Waals surface area contributed by atoms with E-state index in [1.54, 1.807) is 13.1 Å². The van der Waals surface area contributed by atoms with Crippen molar-refractivity contribution in [2.45, 2.75) is 19.8 Å². The number of hydrogen-bond acceptors (Lipinski definition) is 1. The van der Waals surface area contributed by atoms with Crippen LogP contribution in [-0.4, -0.2) is 13.0 Å². The summed E-state index contributed by atoms with van der Waals surface area (Å²) in [5.41, 5.74) is 0. The summed E-state index contributed by atoms with van der Waals surface area (Å²) in [6.45, 7) is 2.09. The summed E-state index contributed by atoms with van der Waals surface area (Å²) in [6.07, 6.45) is 3.71. The Morgan fingerprint density at radius 1 is 1.70 bits per heavy atom. The third kappa shape index (κ3) is 4.78. The quantitative estimate of drug-likeness (QED) is 0.603. The minimum atomic E-state index is -0.0159. The molecule has 0 atom stereocenters. The van der Waals surface area contributed by atoms with E-state index in [4.69, 9.17) is 0 Å². The van der Waals surface area contributed by atoms with Crippen LogP contribution in [0.25, 0.3) is 0 Å². The highest BCUT2D eigenvalue weighted by molar-refractivity contribution is 14.1. The van der Waals surface area contributed by atoms with Gasteiger partial charge in [0.15, 0.2) is 0 Å². The van der Waals surface area contributed by atoms with Gasteiger partial charge >= 0.3 is 0 Å². The molecule has 0 aromatic carbocycles. The third-order valence-electron chi connectivity index (χ3n) is 1.02. The predicted molar refractivity (Wildman–Crippen MR) is 51.1 cm³/mol. The van der Waals surface area contributed by atoms with Gasteiger partial charge in [0.05, 0.1) is 0 Å². The molecule has 3 heteroatoms. The van der Waals surface area contributed by atoms with E-state index in [1.807, 2.05) is 0 Å². The zero-order chi connectivity index (χ0) is 7.98. The van der Waals surface area contributed by atoms with Gasteiger partial charge in [-0.25, -0.2) is 0 Å². The molecule has 0 bridgehead atoms. The molecule has 0 aliphatic carbocycles. The number of rotatable bonds is 3. The number of carbonyl (C=O) groups excluding carboxylic acids is 1. The van der Waals surface area contributed by atoms with Gasteiger partial charge in [-0.3, -0.25) is 4.79 Å². The second-order valence-corrected chi connectivity index (χ2v) is 3.34. The lowest BCUT2D eigenvalue weighted by Gasteiger charge is -1.94. The molecular weight excluding hydrogens is 241 g/mol. The average Bonchev–Trinajstić information content (AvgIpc) is 1.88. The van der Waals surface area contributed by atoms with Crippen molar-refractivity contribution < 1.29 is 4.79 Å². The summed E-state index contributed by atoms with van der Waals surface area (Å²) in [4.78, 5) is 10.7. The lowest BCUT2D eigenvalue weighted by molar-refractivity contribution is -0.116. The van der Waals surface area contributed by atoms with E-state index in [1.165, 1.54) is 0 Å². The van der Waals surface area contributed by atoms with Crippen LogP contribution in [0.4, 0.5) is 0 Å². The molecule has 58 valence electrons. The molecular formula is C7H12INO. The largest absolute Gasteiger partial charge is 0.356 e. The fourth-order valence-corrected chi connectivity index (χ4v) is 1.35. The molecule has 1 amide bonds. The fraction of sp³-hybridized carbons (Fsp3) is 0.571. The summed E-state index contributed by atoms with van der Waals surface area (Å²) in [5.74, 6) is -0.0159. The SMILES string of the molecule is CCCC(I)=CC(=O)NC. The molecule has 0 rings (SSSR count). The highest BCUT2D eigenvalue weighted by atomic mass is 127. The van der Waals surface area contributed by atoms with Crippen molar-refractivity contribution in [1.29, 1.82) is 0 Å². The topological polar surface area (TPSA) is 29.1 Å². The number of carbonyl (C=O) groups is 1. The molecule has 0 aliphatic rings. The number of nitrogens with one attached hydrogen (secondary N) is 1. The first kappa shape index (κ1) is 9.94.